The minimum absolute atomic E-state index is 0.168. The molecule has 0 amide bonds. The molecule has 0 spiro atoms. The number of hydrogen-bond acceptors (Lipinski definition) is 4. The fourth-order valence-corrected chi connectivity index (χ4v) is 2.91. The lowest BCUT2D eigenvalue weighted by Crippen LogP contribution is -2.24. The minimum Gasteiger partial charge on any atom is -0.481 e. The van der Waals surface area contributed by atoms with Gasteiger partial charge in [-0.2, -0.15) is 0 Å². The summed E-state index contributed by atoms with van der Waals surface area (Å²) in [5, 5.41) is 22.0. The average molecular weight is 385 g/mol. The summed E-state index contributed by atoms with van der Waals surface area (Å²) in [4.78, 5) is 20.3. The van der Waals surface area contributed by atoms with Crippen molar-refractivity contribution in [2.24, 2.45) is 11.8 Å². The third-order valence-corrected chi connectivity index (χ3v) is 4.29. The smallest absolute Gasteiger partial charge is 0.303 e. The minimum atomic E-state index is -0.745. The Hall–Kier alpha value is -1.85. The van der Waals surface area contributed by atoms with E-state index >= 15 is 0 Å². The van der Waals surface area contributed by atoms with E-state index in [-0.39, 0.29) is 11.3 Å². The molecule has 1 aliphatic carbocycles. The van der Waals surface area contributed by atoms with Crippen LogP contribution in [0.5, 0.6) is 0 Å². The van der Waals surface area contributed by atoms with E-state index in [1.807, 2.05) is 27.0 Å². The highest BCUT2D eigenvalue weighted by molar-refractivity contribution is 5.66. The summed E-state index contributed by atoms with van der Waals surface area (Å²) >= 11 is 0. The Morgan fingerprint density at radius 2 is 1.85 bits per heavy atom. The van der Waals surface area contributed by atoms with Gasteiger partial charge in [0.1, 0.15) is 0 Å². The van der Waals surface area contributed by atoms with E-state index in [9.17, 15) is 14.9 Å². The number of carboxylic acids is 1. The van der Waals surface area contributed by atoms with Gasteiger partial charge in [0.05, 0.1) is 4.92 Å². The van der Waals surface area contributed by atoms with Crippen molar-refractivity contribution in [3.63, 3.8) is 0 Å². The maximum Gasteiger partial charge on any atom is 0.303 e. The molecule has 0 bridgehead atoms. The molecule has 2 unspecified atom stereocenters. The lowest BCUT2D eigenvalue weighted by atomic mass is 9.83. The standard InChI is InChI=1S/C13H20N2O2.C3H6O2.C3H8.C2H6/c1-10-3-2-4-12(9-13(10)15(16)17)11-5-7-14-8-6-11;1-2-3(4)5;1-3-2;1-2/h5,7,11-12,14H,2-4,6,8-9H2,1H3;2H2,1H3,(H,4,5);3H2,1-2H3;1-2H3. The van der Waals surface area contributed by atoms with Crippen LogP contribution in [0.4, 0.5) is 0 Å². The third kappa shape index (κ3) is 13.0. The highest BCUT2D eigenvalue weighted by atomic mass is 16.6. The fraction of sp³-hybridized carbons (Fsp3) is 0.762. The quantitative estimate of drug-likeness (QED) is 0.475. The zero-order valence-corrected chi connectivity index (χ0v) is 18.1. The van der Waals surface area contributed by atoms with Crippen LogP contribution in [0, 0.1) is 22.0 Å². The monoisotopic (exact) mass is 384 g/mol. The Morgan fingerprint density at radius 3 is 2.26 bits per heavy atom. The summed E-state index contributed by atoms with van der Waals surface area (Å²) in [5.74, 6) is 0.216. The van der Waals surface area contributed by atoms with Crippen LogP contribution in [-0.2, 0) is 4.79 Å². The van der Waals surface area contributed by atoms with E-state index in [1.54, 1.807) is 6.92 Å². The molecule has 1 heterocycles. The summed E-state index contributed by atoms with van der Waals surface area (Å²) in [6.07, 6.45) is 10.5. The van der Waals surface area contributed by atoms with Crippen molar-refractivity contribution < 1.29 is 14.8 Å². The van der Waals surface area contributed by atoms with Gasteiger partial charge in [-0.05, 0) is 56.2 Å². The van der Waals surface area contributed by atoms with Crippen molar-refractivity contribution in [2.45, 2.75) is 86.5 Å². The zero-order chi connectivity index (χ0) is 21.2. The summed E-state index contributed by atoms with van der Waals surface area (Å²) in [6, 6.07) is 0. The molecular formula is C21H40N2O4. The Bertz CT molecular complexity index is 473. The van der Waals surface area contributed by atoms with Gasteiger partial charge in [-0.3, -0.25) is 14.9 Å². The van der Waals surface area contributed by atoms with E-state index in [0.717, 1.165) is 37.8 Å². The molecule has 2 atom stereocenters. The number of aliphatic carboxylic acids is 1. The van der Waals surface area contributed by atoms with Crippen LogP contribution >= 0.6 is 0 Å². The molecule has 0 aromatic carbocycles. The molecule has 0 aromatic rings. The second kappa shape index (κ2) is 17.6. The number of allylic oxidation sites excluding steroid dienone is 3. The number of carbonyl (C=O) groups is 1. The molecule has 0 saturated heterocycles. The topological polar surface area (TPSA) is 92.5 Å². The predicted molar refractivity (Wildman–Crippen MR) is 112 cm³/mol. The maximum absolute atomic E-state index is 11.1. The van der Waals surface area contributed by atoms with Crippen molar-refractivity contribution in [3.8, 4) is 0 Å². The molecule has 1 aliphatic heterocycles. The largest absolute Gasteiger partial charge is 0.481 e. The Balaban J connectivity index is 0. The molecule has 0 radical (unpaired) electrons. The summed E-state index contributed by atoms with van der Waals surface area (Å²) in [5.41, 5.74) is 1.45. The van der Waals surface area contributed by atoms with Gasteiger partial charge in [0, 0.05) is 19.4 Å². The molecule has 2 N–H and O–H groups in total. The molecule has 2 aliphatic rings. The van der Waals surface area contributed by atoms with Crippen molar-refractivity contribution in [2.75, 3.05) is 6.54 Å². The number of nitrogens with one attached hydrogen (secondary N) is 1. The van der Waals surface area contributed by atoms with E-state index in [1.165, 1.54) is 6.42 Å². The van der Waals surface area contributed by atoms with Gasteiger partial charge >= 0.3 is 5.97 Å². The number of rotatable bonds is 3. The SMILES string of the molecule is CC.CC1=C([N+](=O)[O-])CC(C2C=CNCC2)CCC1.CCC.CCC(=O)O. The number of hydrogen-bond donors (Lipinski definition) is 2. The highest BCUT2D eigenvalue weighted by Gasteiger charge is 2.29. The van der Waals surface area contributed by atoms with Gasteiger partial charge < -0.3 is 10.4 Å². The van der Waals surface area contributed by atoms with Crippen molar-refractivity contribution >= 4 is 5.97 Å². The molecule has 158 valence electrons. The molecule has 0 fully saturated rings. The van der Waals surface area contributed by atoms with Gasteiger partial charge in [0.25, 0.3) is 0 Å². The average Bonchev–Trinajstić information content (AvgIpc) is 2.87. The van der Waals surface area contributed by atoms with Crippen LogP contribution in [-0.4, -0.2) is 22.5 Å². The Labute approximate surface area is 165 Å². The van der Waals surface area contributed by atoms with Crippen LogP contribution < -0.4 is 5.32 Å². The first-order chi connectivity index (χ1) is 12.9. The van der Waals surface area contributed by atoms with Gasteiger partial charge in [0.15, 0.2) is 0 Å². The van der Waals surface area contributed by atoms with Crippen molar-refractivity contribution in [1.29, 1.82) is 0 Å². The number of nitrogens with zero attached hydrogens (tertiary/aromatic N) is 1. The highest BCUT2D eigenvalue weighted by Crippen LogP contribution is 2.35. The zero-order valence-electron chi connectivity index (χ0n) is 18.1. The second-order valence-corrected chi connectivity index (χ2v) is 6.56. The van der Waals surface area contributed by atoms with Crippen LogP contribution in [0.1, 0.15) is 86.5 Å². The van der Waals surface area contributed by atoms with Crippen LogP contribution in [0.15, 0.2) is 23.5 Å². The van der Waals surface area contributed by atoms with Crippen LogP contribution in [0.25, 0.3) is 0 Å². The van der Waals surface area contributed by atoms with Crippen LogP contribution in [0.2, 0.25) is 0 Å². The van der Waals surface area contributed by atoms with E-state index < -0.39 is 5.97 Å². The summed E-state index contributed by atoms with van der Waals surface area (Å²) < 4.78 is 0. The van der Waals surface area contributed by atoms with Crippen molar-refractivity contribution in [3.05, 3.63) is 33.7 Å². The number of nitro groups is 1. The second-order valence-electron chi connectivity index (χ2n) is 6.56. The van der Waals surface area contributed by atoms with Gasteiger partial charge in [-0.15, -0.1) is 0 Å². The van der Waals surface area contributed by atoms with Gasteiger partial charge in [-0.1, -0.05) is 47.1 Å². The molecule has 0 aromatic heterocycles. The first-order valence-corrected chi connectivity index (χ1v) is 10.3. The predicted octanol–water partition coefficient (Wildman–Crippen LogP) is 5.77. The van der Waals surface area contributed by atoms with Gasteiger partial charge in [0.2, 0.25) is 5.70 Å². The van der Waals surface area contributed by atoms with Crippen LogP contribution in [0.3, 0.4) is 0 Å². The van der Waals surface area contributed by atoms with E-state index in [4.69, 9.17) is 5.11 Å². The molecular weight excluding hydrogens is 344 g/mol. The summed E-state index contributed by atoms with van der Waals surface area (Å²) in [6.45, 7) is 12.8. The maximum atomic E-state index is 11.1. The first kappa shape index (κ1) is 27.4. The Morgan fingerprint density at radius 1 is 1.30 bits per heavy atom. The Kier molecular flexibility index (Phi) is 17.8. The lowest BCUT2D eigenvalue weighted by molar-refractivity contribution is -0.430. The van der Waals surface area contributed by atoms with E-state index in [2.05, 4.69) is 25.2 Å². The normalized spacial score (nSPS) is 21.0. The molecule has 2 rings (SSSR count). The van der Waals surface area contributed by atoms with E-state index in [0.29, 0.717) is 24.0 Å². The molecule has 6 nitrogen and oxygen atoms in total. The molecule has 27 heavy (non-hydrogen) atoms. The molecule has 6 heteroatoms. The lowest BCUT2D eigenvalue weighted by Gasteiger charge is -2.25. The fourth-order valence-electron chi connectivity index (χ4n) is 2.91. The van der Waals surface area contributed by atoms with Crippen molar-refractivity contribution in [1.82, 2.24) is 5.32 Å². The number of carboxylic acid groups (broad SMARTS) is 1. The molecule has 0 saturated carbocycles. The van der Waals surface area contributed by atoms with Gasteiger partial charge in [-0.25, -0.2) is 0 Å². The third-order valence-electron chi connectivity index (χ3n) is 4.29. The first-order valence-electron chi connectivity index (χ1n) is 10.3. The summed E-state index contributed by atoms with van der Waals surface area (Å²) in [7, 11) is 0.